The molecule has 0 atom stereocenters. The quantitative estimate of drug-likeness (QED) is 0.648. The Morgan fingerprint density at radius 1 is 1.09 bits per heavy atom. The number of nitro benzene ring substituents is 1. The first kappa shape index (κ1) is 15.9. The van der Waals surface area contributed by atoms with Crippen LogP contribution in [0.15, 0.2) is 29.3 Å². The number of hydrogen-bond acceptors (Lipinski definition) is 5. The fraction of sp³-hybridized carbons (Fsp3) is 0.467. The van der Waals surface area contributed by atoms with Crippen molar-refractivity contribution in [2.24, 2.45) is 4.99 Å². The van der Waals surface area contributed by atoms with Crippen molar-refractivity contribution in [3.8, 4) is 0 Å². The number of aliphatic imine (C=N–C) groups is 1. The van der Waals surface area contributed by atoms with Crippen LogP contribution in [-0.2, 0) is 0 Å². The highest BCUT2D eigenvalue weighted by molar-refractivity contribution is 5.96. The van der Waals surface area contributed by atoms with Gasteiger partial charge in [0.05, 0.1) is 4.92 Å². The van der Waals surface area contributed by atoms with Gasteiger partial charge < -0.3 is 0 Å². The lowest BCUT2D eigenvalue weighted by Crippen LogP contribution is -2.41. The maximum absolute atomic E-state index is 12.0. The van der Waals surface area contributed by atoms with Crippen LogP contribution in [-0.4, -0.2) is 23.2 Å². The molecule has 1 aromatic carbocycles. The highest BCUT2D eigenvalue weighted by Gasteiger charge is 2.10. The highest BCUT2D eigenvalue weighted by Crippen LogP contribution is 2.12. The second-order valence-electron chi connectivity index (χ2n) is 5.23. The molecule has 22 heavy (non-hydrogen) atoms. The van der Waals surface area contributed by atoms with Crippen molar-refractivity contribution in [3.63, 3.8) is 0 Å². The lowest BCUT2D eigenvalue weighted by molar-refractivity contribution is -0.384. The van der Waals surface area contributed by atoms with Crippen LogP contribution in [0.1, 0.15) is 48.9 Å². The van der Waals surface area contributed by atoms with Gasteiger partial charge in [-0.2, -0.15) is 0 Å². The predicted molar refractivity (Wildman–Crippen MR) is 83.7 cm³/mol. The van der Waals surface area contributed by atoms with Crippen molar-refractivity contribution in [2.45, 2.75) is 38.5 Å². The third kappa shape index (κ3) is 4.83. The van der Waals surface area contributed by atoms with E-state index < -0.39 is 4.92 Å². The minimum atomic E-state index is -0.494. The summed E-state index contributed by atoms with van der Waals surface area (Å²) in [6.07, 6.45) is 6.56. The average Bonchev–Trinajstić information content (AvgIpc) is 2.66. The number of amidine groups is 1. The number of amides is 1. The van der Waals surface area contributed by atoms with E-state index in [1.54, 1.807) is 0 Å². The highest BCUT2D eigenvalue weighted by atomic mass is 16.6. The predicted octanol–water partition coefficient (Wildman–Crippen LogP) is 2.58. The summed E-state index contributed by atoms with van der Waals surface area (Å²) in [5, 5.41) is 10.6. The molecule has 1 aliphatic rings. The van der Waals surface area contributed by atoms with Gasteiger partial charge in [0, 0.05) is 30.7 Å². The molecule has 0 spiro atoms. The lowest BCUT2D eigenvalue weighted by Gasteiger charge is -2.11. The van der Waals surface area contributed by atoms with E-state index in [4.69, 9.17) is 0 Å². The Morgan fingerprint density at radius 2 is 1.77 bits per heavy atom. The van der Waals surface area contributed by atoms with Gasteiger partial charge in [-0.3, -0.25) is 30.8 Å². The van der Waals surface area contributed by atoms with Gasteiger partial charge in [0.1, 0.15) is 5.84 Å². The molecule has 0 saturated carbocycles. The van der Waals surface area contributed by atoms with E-state index in [9.17, 15) is 14.9 Å². The van der Waals surface area contributed by atoms with Gasteiger partial charge in [-0.05, 0) is 25.0 Å². The Morgan fingerprint density at radius 3 is 2.50 bits per heavy atom. The Kier molecular flexibility index (Phi) is 5.88. The standard InChI is InChI=1S/C15H20N4O3/c20-15(12-7-9-13(10-8-12)19(21)22)18-17-14-6-4-2-1-3-5-11-16-14/h7-10H,1-6,11H2,(H,16,17)(H,18,20). The van der Waals surface area contributed by atoms with Crippen LogP contribution in [0.5, 0.6) is 0 Å². The molecule has 0 fully saturated rings. The van der Waals surface area contributed by atoms with Crippen molar-refractivity contribution in [3.05, 3.63) is 39.9 Å². The number of non-ortho nitro benzene ring substituents is 1. The van der Waals surface area contributed by atoms with Crippen molar-refractivity contribution < 1.29 is 9.72 Å². The summed E-state index contributed by atoms with van der Waals surface area (Å²) in [6, 6.07) is 5.49. The smallest absolute Gasteiger partial charge is 0.269 e. The summed E-state index contributed by atoms with van der Waals surface area (Å²) in [7, 11) is 0. The Hall–Kier alpha value is -2.44. The first-order valence-electron chi connectivity index (χ1n) is 7.51. The Bertz CT molecular complexity index is 554. The Labute approximate surface area is 128 Å². The van der Waals surface area contributed by atoms with E-state index in [0.29, 0.717) is 5.56 Å². The number of benzene rings is 1. The maximum atomic E-state index is 12.0. The second kappa shape index (κ2) is 8.11. The van der Waals surface area contributed by atoms with E-state index in [1.165, 1.54) is 43.5 Å². The number of nitro groups is 1. The first-order valence-corrected chi connectivity index (χ1v) is 7.51. The van der Waals surface area contributed by atoms with Gasteiger partial charge in [-0.15, -0.1) is 0 Å². The minimum absolute atomic E-state index is 0.0369. The van der Waals surface area contributed by atoms with Crippen molar-refractivity contribution in [1.29, 1.82) is 0 Å². The molecular weight excluding hydrogens is 284 g/mol. The third-order valence-corrected chi connectivity index (χ3v) is 3.53. The minimum Gasteiger partial charge on any atom is -0.285 e. The van der Waals surface area contributed by atoms with Gasteiger partial charge in [-0.1, -0.05) is 19.3 Å². The molecule has 118 valence electrons. The second-order valence-corrected chi connectivity index (χ2v) is 5.23. The summed E-state index contributed by atoms with van der Waals surface area (Å²) in [4.78, 5) is 26.5. The number of nitrogens with one attached hydrogen (secondary N) is 2. The molecule has 7 heteroatoms. The van der Waals surface area contributed by atoms with Crippen LogP contribution in [0.25, 0.3) is 0 Å². The summed E-state index contributed by atoms with van der Waals surface area (Å²) >= 11 is 0. The molecule has 0 aromatic heterocycles. The average molecular weight is 304 g/mol. The number of carbonyl (C=O) groups excluding carboxylic acids is 1. The number of rotatable bonds is 2. The zero-order chi connectivity index (χ0) is 15.8. The summed E-state index contributed by atoms with van der Waals surface area (Å²) in [5.41, 5.74) is 5.79. The first-order chi connectivity index (χ1) is 10.7. The molecular formula is C15H20N4O3. The molecule has 1 amide bonds. The van der Waals surface area contributed by atoms with Gasteiger partial charge in [0.25, 0.3) is 11.6 Å². The van der Waals surface area contributed by atoms with E-state index >= 15 is 0 Å². The number of hydrazine groups is 1. The van der Waals surface area contributed by atoms with Crippen molar-refractivity contribution >= 4 is 17.4 Å². The third-order valence-electron chi connectivity index (χ3n) is 3.53. The molecule has 1 aliphatic heterocycles. The molecule has 1 heterocycles. The van der Waals surface area contributed by atoms with Gasteiger partial charge in [0.15, 0.2) is 0 Å². The molecule has 1 aromatic rings. The van der Waals surface area contributed by atoms with Crippen molar-refractivity contribution in [1.82, 2.24) is 10.9 Å². The van der Waals surface area contributed by atoms with E-state index in [-0.39, 0.29) is 11.6 Å². The number of hydrogen-bond donors (Lipinski definition) is 2. The summed E-state index contributed by atoms with van der Waals surface area (Å²) in [6.45, 7) is 0.774. The van der Waals surface area contributed by atoms with Gasteiger partial charge in [-0.25, -0.2) is 0 Å². The normalized spacial score (nSPS) is 15.7. The van der Waals surface area contributed by atoms with E-state index in [2.05, 4.69) is 15.8 Å². The van der Waals surface area contributed by atoms with Gasteiger partial charge in [0.2, 0.25) is 0 Å². The van der Waals surface area contributed by atoms with Crippen LogP contribution in [0, 0.1) is 10.1 Å². The molecule has 0 unspecified atom stereocenters. The fourth-order valence-corrected chi connectivity index (χ4v) is 2.27. The zero-order valence-electron chi connectivity index (χ0n) is 12.4. The van der Waals surface area contributed by atoms with E-state index in [1.807, 2.05) is 0 Å². The fourth-order valence-electron chi connectivity index (χ4n) is 2.27. The summed E-state index contributed by atoms with van der Waals surface area (Å²) in [5.74, 6) is 0.453. The Balaban J connectivity index is 1.89. The van der Waals surface area contributed by atoms with Crippen LogP contribution < -0.4 is 10.9 Å². The van der Waals surface area contributed by atoms with Crippen LogP contribution in [0.4, 0.5) is 5.69 Å². The molecule has 0 radical (unpaired) electrons. The van der Waals surface area contributed by atoms with Crippen LogP contribution >= 0.6 is 0 Å². The summed E-state index contributed by atoms with van der Waals surface area (Å²) < 4.78 is 0. The number of nitrogens with zero attached hydrogens (tertiary/aromatic N) is 2. The zero-order valence-corrected chi connectivity index (χ0v) is 12.4. The topological polar surface area (TPSA) is 96.6 Å². The van der Waals surface area contributed by atoms with E-state index in [0.717, 1.165) is 31.6 Å². The molecule has 0 saturated heterocycles. The monoisotopic (exact) mass is 304 g/mol. The van der Waals surface area contributed by atoms with Gasteiger partial charge >= 0.3 is 0 Å². The SMILES string of the molecule is O=C(NNC1=NCCCCCCC1)c1ccc([N+](=O)[O-])cc1. The number of carbonyl (C=O) groups is 1. The molecule has 2 rings (SSSR count). The molecule has 2 N–H and O–H groups in total. The van der Waals surface area contributed by atoms with Crippen LogP contribution in [0.3, 0.4) is 0 Å². The van der Waals surface area contributed by atoms with Crippen molar-refractivity contribution in [2.75, 3.05) is 6.54 Å². The maximum Gasteiger partial charge on any atom is 0.269 e. The molecule has 7 nitrogen and oxygen atoms in total. The molecule has 0 aliphatic carbocycles. The van der Waals surface area contributed by atoms with Crippen LogP contribution in [0.2, 0.25) is 0 Å². The largest absolute Gasteiger partial charge is 0.285 e. The lowest BCUT2D eigenvalue weighted by atomic mass is 10.1. The molecule has 0 bridgehead atoms.